The predicted molar refractivity (Wildman–Crippen MR) is 84.7 cm³/mol. The fourth-order valence-electron chi connectivity index (χ4n) is 1.86. The number of aromatic carboxylic acids is 1. The van der Waals surface area contributed by atoms with E-state index in [9.17, 15) is 4.79 Å². The Hall–Kier alpha value is -1.79. The maximum absolute atomic E-state index is 10.9. The number of carboxylic acids is 1. The molecule has 0 radical (unpaired) electrons. The van der Waals surface area contributed by atoms with Crippen LogP contribution in [0.1, 0.15) is 15.9 Å². The summed E-state index contributed by atoms with van der Waals surface area (Å²) in [5, 5.41) is 9.50. The van der Waals surface area contributed by atoms with Crippen molar-refractivity contribution in [3.63, 3.8) is 0 Å². The molecule has 0 saturated heterocycles. The Bertz CT molecular complexity index is 816. The molecular formula is C15H10BrNO3S. The summed E-state index contributed by atoms with van der Waals surface area (Å²) in [5.74, 6) is -0.248. The van der Waals surface area contributed by atoms with Crippen molar-refractivity contribution >= 4 is 44.8 Å². The van der Waals surface area contributed by atoms with Crippen molar-refractivity contribution in [3.05, 3.63) is 58.1 Å². The van der Waals surface area contributed by atoms with Crippen LogP contribution in [0, 0.1) is 0 Å². The van der Waals surface area contributed by atoms with E-state index < -0.39 is 5.97 Å². The SMILES string of the molecule is O=C(O)c1ccc2oc(SCc3ccccc3Br)nc2c1. The molecule has 3 aromatic rings. The number of oxazole rings is 1. The molecule has 0 amide bonds. The van der Waals surface area contributed by atoms with E-state index in [1.54, 1.807) is 6.07 Å². The smallest absolute Gasteiger partial charge is 0.335 e. The number of carbonyl (C=O) groups is 1. The molecule has 1 N–H and O–H groups in total. The summed E-state index contributed by atoms with van der Waals surface area (Å²) in [6, 6.07) is 12.6. The highest BCUT2D eigenvalue weighted by atomic mass is 79.9. The predicted octanol–water partition coefficient (Wildman–Crippen LogP) is 4.58. The van der Waals surface area contributed by atoms with Crippen molar-refractivity contribution in [2.45, 2.75) is 11.0 Å². The number of benzene rings is 2. The second-order valence-electron chi connectivity index (χ2n) is 4.35. The van der Waals surface area contributed by atoms with Gasteiger partial charge in [-0.25, -0.2) is 9.78 Å². The summed E-state index contributed by atoms with van der Waals surface area (Å²) in [6.45, 7) is 0. The van der Waals surface area contributed by atoms with Gasteiger partial charge >= 0.3 is 5.97 Å². The average Bonchev–Trinajstić information content (AvgIpc) is 2.88. The van der Waals surface area contributed by atoms with Crippen LogP contribution in [0.4, 0.5) is 0 Å². The summed E-state index contributed by atoms with van der Waals surface area (Å²) in [5.41, 5.74) is 2.51. The molecule has 1 heterocycles. The molecule has 6 heteroatoms. The van der Waals surface area contributed by atoms with Gasteiger partial charge in [-0.15, -0.1) is 0 Å². The van der Waals surface area contributed by atoms with E-state index in [1.807, 2.05) is 24.3 Å². The topological polar surface area (TPSA) is 63.3 Å². The van der Waals surface area contributed by atoms with E-state index in [4.69, 9.17) is 9.52 Å². The Balaban J connectivity index is 1.82. The number of rotatable bonds is 4. The first-order chi connectivity index (χ1) is 10.1. The lowest BCUT2D eigenvalue weighted by molar-refractivity contribution is 0.0697. The molecule has 2 aromatic carbocycles. The van der Waals surface area contributed by atoms with Crippen molar-refractivity contribution < 1.29 is 14.3 Å². The zero-order valence-corrected chi connectivity index (χ0v) is 13.1. The quantitative estimate of drug-likeness (QED) is 0.687. The number of nitrogens with zero attached hydrogens (tertiary/aromatic N) is 1. The Morgan fingerprint density at radius 2 is 2.10 bits per heavy atom. The Labute approximate surface area is 133 Å². The molecule has 4 nitrogen and oxygen atoms in total. The first-order valence-electron chi connectivity index (χ1n) is 6.13. The number of fused-ring (bicyclic) bond motifs is 1. The molecule has 1 aromatic heterocycles. The van der Waals surface area contributed by atoms with Gasteiger partial charge in [0, 0.05) is 10.2 Å². The van der Waals surface area contributed by atoms with Crippen LogP contribution in [0.3, 0.4) is 0 Å². The highest BCUT2D eigenvalue weighted by molar-refractivity contribution is 9.10. The largest absolute Gasteiger partial charge is 0.478 e. The second kappa shape index (κ2) is 5.91. The Kier molecular flexibility index (Phi) is 3.98. The van der Waals surface area contributed by atoms with Gasteiger partial charge in [-0.1, -0.05) is 45.9 Å². The molecule has 0 aliphatic rings. The Morgan fingerprint density at radius 3 is 2.86 bits per heavy atom. The highest BCUT2D eigenvalue weighted by Gasteiger charge is 2.10. The minimum absolute atomic E-state index is 0.207. The molecule has 0 atom stereocenters. The molecule has 0 spiro atoms. The van der Waals surface area contributed by atoms with Crippen LogP contribution in [0.5, 0.6) is 0 Å². The summed E-state index contributed by atoms with van der Waals surface area (Å²) in [6.07, 6.45) is 0. The van der Waals surface area contributed by atoms with Gasteiger partial charge < -0.3 is 9.52 Å². The summed E-state index contributed by atoms with van der Waals surface area (Å²) in [7, 11) is 0. The third-order valence-corrected chi connectivity index (χ3v) is 4.57. The zero-order chi connectivity index (χ0) is 14.8. The van der Waals surface area contributed by atoms with Gasteiger partial charge in [0.25, 0.3) is 5.22 Å². The fraction of sp³-hybridized carbons (Fsp3) is 0.0667. The second-order valence-corrected chi connectivity index (χ2v) is 6.13. The van der Waals surface area contributed by atoms with E-state index in [-0.39, 0.29) is 5.56 Å². The van der Waals surface area contributed by atoms with Crippen LogP contribution in [-0.4, -0.2) is 16.1 Å². The van der Waals surface area contributed by atoms with Gasteiger partial charge in [-0.05, 0) is 29.8 Å². The molecule has 0 aliphatic heterocycles. The molecule has 3 rings (SSSR count). The number of hydrogen-bond donors (Lipinski definition) is 1. The standard InChI is InChI=1S/C15H10BrNO3S/c16-11-4-2-1-3-10(11)8-21-15-17-12-7-9(14(18)19)5-6-13(12)20-15/h1-7H,8H2,(H,18,19). The molecule has 0 unspecified atom stereocenters. The van der Waals surface area contributed by atoms with E-state index in [0.29, 0.717) is 16.3 Å². The maximum atomic E-state index is 10.9. The van der Waals surface area contributed by atoms with Gasteiger partial charge in [0.1, 0.15) is 5.52 Å². The fourth-order valence-corrected chi connectivity index (χ4v) is 3.31. The van der Waals surface area contributed by atoms with Crippen LogP contribution in [-0.2, 0) is 5.75 Å². The third kappa shape index (κ3) is 3.11. The van der Waals surface area contributed by atoms with Gasteiger partial charge in [0.05, 0.1) is 5.56 Å². The lowest BCUT2D eigenvalue weighted by Crippen LogP contribution is -1.94. The highest BCUT2D eigenvalue weighted by Crippen LogP contribution is 2.29. The number of carboxylic acid groups (broad SMARTS) is 1. The van der Waals surface area contributed by atoms with Crippen molar-refractivity contribution in [1.29, 1.82) is 0 Å². The van der Waals surface area contributed by atoms with Crippen molar-refractivity contribution in [1.82, 2.24) is 4.98 Å². The molecule has 0 aliphatic carbocycles. The first kappa shape index (κ1) is 14.2. The summed E-state index contributed by atoms with van der Waals surface area (Å²) < 4.78 is 6.65. The van der Waals surface area contributed by atoms with Crippen LogP contribution >= 0.6 is 27.7 Å². The molecule has 0 fully saturated rings. The van der Waals surface area contributed by atoms with E-state index in [0.717, 1.165) is 15.8 Å². The molecule has 0 saturated carbocycles. The normalized spacial score (nSPS) is 10.9. The molecule has 0 bridgehead atoms. The number of halogens is 1. The molecular weight excluding hydrogens is 354 g/mol. The third-order valence-electron chi connectivity index (χ3n) is 2.92. The summed E-state index contributed by atoms with van der Waals surface area (Å²) in [4.78, 5) is 15.2. The lowest BCUT2D eigenvalue weighted by atomic mass is 10.2. The minimum atomic E-state index is -0.970. The summed E-state index contributed by atoms with van der Waals surface area (Å²) >= 11 is 4.97. The van der Waals surface area contributed by atoms with Gasteiger partial charge in [-0.2, -0.15) is 0 Å². The Morgan fingerprint density at radius 1 is 1.29 bits per heavy atom. The number of hydrogen-bond acceptors (Lipinski definition) is 4. The van der Waals surface area contributed by atoms with E-state index in [2.05, 4.69) is 20.9 Å². The minimum Gasteiger partial charge on any atom is -0.478 e. The monoisotopic (exact) mass is 363 g/mol. The van der Waals surface area contributed by atoms with Crippen molar-refractivity contribution in [2.24, 2.45) is 0 Å². The van der Waals surface area contributed by atoms with Crippen LogP contribution in [0.25, 0.3) is 11.1 Å². The molecule has 21 heavy (non-hydrogen) atoms. The van der Waals surface area contributed by atoms with Crippen LogP contribution in [0.2, 0.25) is 0 Å². The van der Waals surface area contributed by atoms with Gasteiger partial charge in [-0.3, -0.25) is 0 Å². The lowest BCUT2D eigenvalue weighted by Gasteiger charge is -2.00. The van der Waals surface area contributed by atoms with Gasteiger partial charge in [0.15, 0.2) is 5.58 Å². The number of thioether (sulfide) groups is 1. The maximum Gasteiger partial charge on any atom is 0.335 e. The van der Waals surface area contributed by atoms with Crippen molar-refractivity contribution in [2.75, 3.05) is 0 Å². The van der Waals surface area contributed by atoms with E-state index >= 15 is 0 Å². The van der Waals surface area contributed by atoms with Crippen molar-refractivity contribution in [3.8, 4) is 0 Å². The molecule has 106 valence electrons. The van der Waals surface area contributed by atoms with Gasteiger partial charge in [0.2, 0.25) is 0 Å². The van der Waals surface area contributed by atoms with E-state index in [1.165, 1.54) is 23.9 Å². The van der Waals surface area contributed by atoms with Crippen LogP contribution < -0.4 is 0 Å². The first-order valence-corrected chi connectivity index (χ1v) is 7.91. The van der Waals surface area contributed by atoms with Crippen LogP contribution in [0.15, 0.2) is 56.6 Å². The average molecular weight is 364 g/mol. The zero-order valence-electron chi connectivity index (χ0n) is 10.7. The number of aromatic nitrogens is 1.